The summed E-state index contributed by atoms with van der Waals surface area (Å²) in [6.07, 6.45) is -3.08. The lowest BCUT2D eigenvalue weighted by atomic mass is 10.0. The molecule has 3 heterocycles. The van der Waals surface area contributed by atoms with Gasteiger partial charge in [0.25, 0.3) is 5.91 Å². The van der Waals surface area contributed by atoms with Crippen LogP contribution in [0.2, 0.25) is 0 Å². The molecule has 0 spiro atoms. The maximum atomic E-state index is 13.1. The molecule has 0 bridgehead atoms. The SMILES string of the molecule is O=C1NC(CCOC2(C(F)(F)F)CCNC2)Nc2cc[nH]c21. The molecule has 122 valence electrons. The predicted octanol–water partition coefficient (Wildman–Crippen LogP) is 1.20. The van der Waals surface area contributed by atoms with Crippen molar-refractivity contribution in [2.75, 3.05) is 25.0 Å². The zero-order valence-electron chi connectivity index (χ0n) is 11.7. The molecule has 2 unspecified atom stereocenters. The summed E-state index contributed by atoms with van der Waals surface area (Å²) in [5.74, 6) is -0.281. The highest BCUT2D eigenvalue weighted by atomic mass is 19.4. The first-order valence-electron chi connectivity index (χ1n) is 7.07. The van der Waals surface area contributed by atoms with Gasteiger partial charge in [-0.25, -0.2) is 0 Å². The predicted molar refractivity (Wildman–Crippen MR) is 72.5 cm³/mol. The van der Waals surface area contributed by atoms with Gasteiger partial charge in [-0.05, 0) is 19.0 Å². The highest BCUT2D eigenvalue weighted by Gasteiger charge is 2.57. The van der Waals surface area contributed by atoms with E-state index in [1.165, 1.54) is 0 Å². The lowest BCUT2D eigenvalue weighted by Gasteiger charge is -2.32. The van der Waals surface area contributed by atoms with Crippen LogP contribution in [0.3, 0.4) is 0 Å². The first-order valence-corrected chi connectivity index (χ1v) is 7.07. The van der Waals surface area contributed by atoms with Gasteiger partial charge in [0.2, 0.25) is 0 Å². The molecule has 22 heavy (non-hydrogen) atoms. The van der Waals surface area contributed by atoms with E-state index in [0.717, 1.165) is 0 Å². The van der Waals surface area contributed by atoms with Gasteiger partial charge in [-0.2, -0.15) is 13.2 Å². The van der Waals surface area contributed by atoms with Crippen LogP contribution >= 0.6 is 0 Å². The highest BCUT2D eigenvalue weighted by molar-refractivity contribution is 5.99. The van der Waals surface area contributed by atoms with Gasteiger partial charge >= 0.3 is 6.18 Å². The zero-order chi connectivity index (χ0) is 15.8. The number of carbonyl (C=O) groups excluding carboxylic acids is 1. The lowest BCUT2D eigenvalue weighted by molar-refractivity contribution is -0.270. The number of hydrogen-bond acceptors (Lipinski definition) is 4. The van der Waals surface area contributed by atoms with Gasteiger partial charge in [0.05, 0.1) is 12.3 Å². The Hall–Kier alpha value is -1.74. The van der Waals surface area contributed by atoms with E-state index in [1.54, 1.807) is 12.3 Å². The summed E-state index contributed by atoms with van der Waals surface area (Å²) in [4.78, 5) is 14.6. The number of rotatable bonds is 4. The van der Waals surface area contributed by atoms with Crippen molar-refractivity contribution in [1.29, 1.82) is 0 Å². The molecule has 0 aliphatic carbocycles. The molecule has 3 rings (SSSR count). The van der Waals surface area contributed by atoms with Crippen LogP contribution in [0, 0.1) is 0 Å². The summed E-state index contributed by atoms with van der Waals surface area (Å²) in [5.41, 5.74) is -1.06. The zero-order valence-corrected chi connectivity index (χ0v) is 11.7. The van der Waals surface area contributed by atoms with E-state index in [9.17, 15) is 18.0 Å². The van der Waals surface area contributed by atoms with Gasteiger partial charge in [-0.1, -0.05) is 0 Å². The van der Waals surface area contributed by atoms with Gasteiger partial charge in [-0.3, -0.25) is 4.79 Å². The van der Waals surface area contributed by atoms with Crippen LogP contribution in [0.1, 0.15) is 23.3 Å². The number of hydrogen-bond donors (Lipinski definition) is 4. The molecule has 1 aromatic heterocycles. The number of halogens is 3. The minimum atomic E-state index is -4.41. The molecule has 1 aromatic rings. The quantitative estimate of drug-likeness (QED) is 0.673. The standard InChI is InChI=1S/C13H17F3N4O2/c14-13(15,16)12(3-5-17-7-12)22-6-2-9-19-8-1-4-18-10(8)11(21)20-9/h1,4,9,17-19H,2-3,5-7H2,(H,20,21). The molecule has 6 nitrogen and oxygen atoms in total. The highest BCUT2D eigenvalue weighted by Crippen LogP contribution is 2.38. The van der Waals surface area contributed by atoms with E-state index in [2.05, 4.69) is 20.9 Å². The smallest absolute Gasteiger partial charge is 0.364 e. The molecule has 0 aromatic carbocycles. The normalized spacial score (nSPS) is 28.1. The van der Waals surface area contributed by atoms with Crippen molar-refractivity contribution in [3.8, 4) is 0 Å². The average Bonchev–Trinajstić information content (AvgIpc) is 3.07. The van der Waals surface area contributed by atoms with Crippen molar-refractivity contribution in [2.24, 2.45) is 0 Å². The topological polar surface area (TPSA) is 78.2 Å². The maximum absolute atomic E-state index is 13.1. The number of aromatic amines is 1. The molecule has 1 amide bonds. The molecular weight excluding hydrogens is 301 g/mol. The van der Waals surface area contributed by atoms with Crippen LogP contribution in [0.15, 0.2) is 12.3 Å². The number of anilines is 1. The summed E-state index contributed by atoms with van der Waals surface area (Å²) in [5, 5.41) is 8.41. The lowest BCUT2D eigenvalue weighted by Crippen LogP contribution is -2.51. The van der Waals surface area contributed by atoms with Crippen LogP contribution in [0.4, 0.5) is 18.9 Å². The first-order chi connectivity index (χ1) is 10.4. The fourth-order valence-electron chi connectivity index (χ4n) is 2.76. The van der Waals surface area contributed by atoms with E-state index in [-0.39, 0.29) is 38.4 Å². The Morgan fingerprint density at radius 3 is 2.86 bits per heavy atom. The Labute approximate surface area is 124 Å². The molecule has 1 fully saturated rings. The second-order valence-corrected chi connectivity index (χ2v) is 5.49. The number of carbonyl (C=O) groups is 1. The van der Waals surface area contributed by atoms with Crippen LogP contribution < -0.4 is 16.0 Å². The number of aromatic nitrogens is 1. The maximum Gasteiger partial charge on any atom is 0.418 e. The fourth-order valence-corrected chi connectivity index (χ4v) is 2.76. The van der Waals surface area contributed by atoms with Gasteiger partial charge in [0.1, 0.15) is 11.9 Å². The second kappa shape index (κ2) is 5.47. The van der Waals surface area contributed by atoms with E-state index in [4.69, 9.17) is 4.74 Å². The fraction of sp³-hybridized carbons (Fsp3) is 0.615. The average molecular weight is 318 g/mol. The van der Waals surface area contributed by atoms with E-state index in [0.29, 0.717) is 11.4 Å². The van der Waals surface area contributed by atoms with Crippen LogP contribution in [-0.4, -0.2) is 48.5 Å². The number of fused-ring (bicyclic) bond motifs is 1. The Balaban J connectivity index is 1.56. The molecule has 9 heteroatoms. The summed E-state index contributed by atoms with van der Waals surface area (Å²) in [7, 11) is 0. The van der Waals surface area contributed by atoms with Crippen molar-refractivity contribution in [3.63, 3.8) is 0 Å². The number of amides is 1. The Morgan fingerprint density at radius 2 is 2.18 bits per heavy atom. The van der Waals surface area contributed by atoms with Gasteiger partial charge in [0, 0.05) is 19.2 Å². The molecule has 0 radical (unpaired) electrons. The minimum Gasteiger partial charge on any atom is -0.364 e. The summed E-state index contributed by atoms with van der Waals surface area (Å²) >= 11 is 0. The number of alkyl halides is 3. The monoisotopic (exact) mass is 318 g/mol. The summed E-state index contributed by atoms with van der Waals surface area (Å²) in [6.45, 7) is -0.0492. The first kappa shape index (κ1) is 15.2. The van der Waals surface area contributed by atoms with Crippen molar-refractivity contribution < 1.29 is 22.7 Å². The van der Waals surface area contributed by atoms with Crippen molar-refractivity contribution in [2.45, 2.75) is 30.8 Å². The number of nitrogens with one attached hydrogen (secondary N) is 4. The van der Waals surface area contributed by atoms with Gasteiger partial charge in [-0.15, -0.1) is 0 Å². The summed E-state index contributed by atoms with van der Waals surface area (Å²) in [6, 6.07) is 1.71. The van der Waals surface area contributed by atoms with Crippen LogP contribution in [0.5, 0.6) is 0 Å². The Kier molecular flexibility index (Phi) is 3.77. The second-order valence-electron chi connectivity index (χ2n) is 5.49. The molecule has 0 saturated carbocycles. The molecule has 1 saturated heterocycles. The Morgan fingerprint density at radius 1 is 1.36 bits per heavy atom. The third-order valence-electron chi connectivity index (χ3n) is 4.03. The summed E-state index contributed by atoms with van der Waals surface area (Å²) < 4.78 is 44.6. The third-order valence-corrected chi connectivity index (χ3v) is 4.03. The van der Waals surface area contributed by atoms with Crippen LogP contribution in [0.25, 0.3) is 0 Å². The molecule has 2 aliphatic heterocycles. The van der Waals surface area contributed by atoms with Crippen molar-refractivity contribution >= 4 is 11.6 Å². The van der Waals surface area contributed by atoms with Crippen molar-refractivity contribution in [1.82, 2.24) is 15.6 Å². The van der Waals surface area contributed by atoms with E-state index in [1.807, 2.05) is 0 Å². The van der Waals surface area contributed by atoms with Crippen LogP contribution in [-0.2, 0) is 4.74 Å². The molecule has 2 atom stereocenters. The van der Waals surface area contributed by atoms with Crippen molar-refractivity contribution in [3.05, 3.63) is 18.0 Å². The molecular formula is C13H17F3N4O2. The molecule has 2 aliphatic rings. The van der Waals surface area contributed by atoms with Gasteiger partial charge < -0.3 is 25.7 Å². The third kappa shape index (κ3) is 2.66. The van der Waals surface area contributed by atoms with Gasteiger partial charge in [0.15, 0.2) is 5.60 Å². The minimum absolute atomic E-state index is 0.0943. The van der Waals surface area contributed by atoms with E-state index >= 15 is 0 Å². The number of ether oxygens (including phenoxy) is 1. The molecule has 4 N–H and O–H groups in total. The Bertz CT molecular complexity index is 552. The largest absolute Gasteiger partial charge is 0.418 e. The van der Waals surface area contributed by atoms with E-state index < -0.39 is 17.9 Å². The number of H-pyrrole nitrogens is 1.